The zero-order valence-electron chi connectivity index (χ0n) is 9.18. The van der Waals surface area contributed by atoms with Gasteiger partial charge in [-0.2, -0.15) is 0 Å². The van der Waals surface area contributed by atoms with Gasteiger partial charge in [-0.3, -0.25) is 4.79 Å². The van der Waals surface area contributed by atoms with Gasteiger partial charge in [-0.15, -0.1) is 0 Å². The minimum atomic E-state index is -0.736. The first kappa shape index (κ1) is 11.0. The van der Waals surface area contributed by atoms with E-state index < -0.39 is 5.60 Å². The molecule has 16 heavy (non-hydrogen) atoms. The van der Waals surface area contributed by atoms with Crippen LogP contribution in [0.1, 0.15) is 23.7 Å². The third-order valence-corrected chi connectivity index (χ3v) is 3.05. The summed E-state index contributed by atoms with van der Waals surface area (Å²) < 4.78 is 0. The van der Waals surface area contributed by atoms with Gasteiger partial charge in [0.05, 0.1) is 24.3 Å². The van der Waals surface area contributed by atoms with Crippen LogP contribution in [-0.4, -0.2) is 39.7 Å². The van der Waals surface area contributed by atoms with Crippen molar-refractivity contribution in [2.24, 2.45) is 0 Å². The predicted molar refractivity (Wildman–Crippen MR) is 59.3 cm³/mol. The van der Waals surface area contributed by atoms with Crippen molar-refractivity contribution in [2.75, 3.05) is 13.1 Å². The summed E-state index contributed by atoms with van der Waals surface area (Å²) in [6.07, 6.45) is 0.636. The number of likely N-dealkylation sites (tertiary alicyclic amines) is 1. The molecule has 0 radical (unpaired) electrons. The lowest BCUT2D eigenvalue weighted by molar-refractivity contribution is -0.0827. The maximum atomic E-state index is 11.9. The summed E-state index contributed by atoms with van der Waals surface area (Å²) in [4.78, 5) is 13.4. The predicted octanol–water partition coefficient (Wildman–Crippen LogP) is 0.989. The molecule has 2 N–H and O–H groups in total. The van der Waals surface area contributed by atoms with Crippen LogP contribution in [0.3, 0.4) is 0 Å². The Bertz CT molecular complexity index is 410. The molecule has 0 bridgehead atoms. The fraction of sp³-hybridized carbons (Fsp3) is 0.417. The first-order chi connectivity index (χ1) is 7.56. The number of hydrogen-bond acceptors (Lipinski definition) is 3. The maximum absolute atomic E-state index is 11.9. The summed E-state index contributed by atoms with van der Waals surface area (Å²) in [5.74, 6) is -0.240. The van der Waals surface area contributed by atoms with Gasteiger partial charge in [-0.25, -0.2) is 0 Å². The highest BCUT2D eigenvalue weighted by Crippen LogP contribution is 2.27. The highest BCUT2D eigenvalue weighted by molar-refractivity contribution is 5.97. The van der Waals surface area contributed by atoms with E-state index in [0.717, 1.165) is 0 Å². The van der Waals surface area contributed by atoms with E-state index >= 15 is 0 Å². The molecule has 1 amide bonds. The zero-order valence-corrected chi connectivity index (χ0v) is 9.18. The molecule has 0 aliphatic carbocycles. The Hall–Kier alpha value is -1.55. The van der Waals surface area contributed by atoms with Crippen LogP contribution in [0.4, 0.5) is 0 Å². The molecular weight excluding hydrogens is 206 g/mol. The van der Waals surface area contributed by atoms with E-state index in [9.17, 15) is 15.0 Å². The highest BCUT2D eigenvalue weighted by Gasteiger charge is 2.42. The molecule has 1 aliphatic heterocycles. The number of carbonyl (C=O) groups is 1. The van der Waals surface area contributed by atoms with Crippen LogP contribution in [0.5, 0.6) is 5.75 Å². The number of amides is 1. The number of para-hydroxylation sites is 1. The SMILES string of the molecule is CCC1(O)CN(C(=O)c2ccccc2O)C1. The summed E-state index contributed by atoms with van der Waals surface area (Å²) in [6, 6.07) is 6.45. The van der Waals surface area contributed by atoms with Gasteiger partial charge < -0.3 is 15.1 Å². The number of hydrogen-bond donors (Lipinski definition) is 2. The lowest BCUT2D eigenvalue weighted by Crippen LogP contribution is -2.63. The smallest absolute Gasteiger partial charge is 0.257 e. The van der Waals surface area contributed by atoms with Gasteiger partial charge in [0, 0.05) is 0 Å². The Morgan fingerprint density at radius 1 is 1.44 bits per heavy atom. The van der Waals surface area contributed by atoms with E-state index in [2.05, 4.69) is 0 Å². The number of nitrogens with zero attached hydrogens (tertiary/aromatic N) is 1. The average Bonchev–Trinajstić information content (AvgIpc) is 2.24. The number of β-amino-alcohol motifs (C(OH)–C–C–N with tert-alkyl or cyclic N) is 1. The molecule has 1 saturated heterocycles. The number of phenols is 1. The minimum absolute atomic E-state index is 0.0144. The van der Waals surface area contributed by atoms with Gasteiger partial charge >= 0.3 is 0 Å². The van der Waals surface area contributed by atoms with Crippen molar-refractivity contribution in [3.8, 4) is 5.75 Å². The van der Waals surface area contributed by atoms with Gasteiger partial charge in [0.25, 0.3) is 5.91 Å². The van der Waals surface area contributed by atoms with E-state index in [-0.39, 0.29) is 11.7 Å². The van der Waals surface area contributed by atoms with Crippen LogP contribution in [0.2, 0.25) is 0 Å². The largest absolute Gasteiger partial charge is 0.507 e. The third kappa shape index (κ3) is 1.76. The summed E-state index contributed by atoms with van der Waals surface area (Å²) in [5.41, 5.74) is -0.444. The molecule has 0 saturated carbocycles. The fourth-order valence-corrected chi connectivity index (χ4v) is 1.86. The van der Waals surface area contributed by atoms with E-state index in [0.29, 0.717) is 25.1 Å². The Kier molecular flexibility index (Phi) is 2.59. The third-order valence-electron chi connectivity index (χ3n) is 3.05. The molecule has 1 aliphatic rings. The van der Waals surface area contributed by atoms with Crippen molar-refractivity contribution in [1.29, 1.82) is 0 Å². The van der Waals surface area contributed by atoms with Crippen molar-refractivity contribution in [3.63, 3.8) is 0 Å². The maximum Gasteiger partial charge on any atom is 0.257 e. The first-order valence-corrected chi connectivity index (χ1v) is 5.35. The van der Waals surface area contributed by atoms with Gasteiger partial charge in [-0.1, -0.05) is 19.1 Å². The van der Waals surface area contributed by atoms with Gasteiger partial charge in [0.2, 0.25) is 0 Å². The Balaban J connectivity index is 2.09. The summed E-state index contributed by atoms with van der Waals surface area (Å²) in [5, 5.41) is 19.3. The van der Waals surface area contributed by atoms with Crippen molar-refractivity contribution in [3.05, 3.63) is 29.8 Å². The Labute approximate surface area is 94.1 Å². The summed E-state index contributed by atoms with van der Waals surface area (Å²) >= 11 is 0. The minimum Gasteiger partial charge on any atom is -0.507 e. The normalized spacial score (nSPS) is 18.0. The van der Waals surface area contributed by atoms with Crippen molar-refractivity contribution in [2.45, 2.75) is 18.9 Å². The number of rotatable bonds is 2. The quantitative estimate of drug-likeness (QED) is 0.783. The van der Waals surface area contributed by atoms with Crippen LogP contribution >= 0.6 is 0 Å². The molecule has 4 heteroatoms. The molecule has 4 nitrogen and oxygen atoms in total. The molecule has 1 heterocycles. The molecule has 0 unspecified atom stereocenters. The molecule has 0 atom stereocenters. The lowest BCUT2D eigenvalue weighted by atomic mass is 9.90. The van der Waals surface area contributed by atoms with Crippen LogP contribution < -0.4 is 0 Å². The van der Waals surface area contributed by atoms with Gasteiger partial charge in [-0.05, 0) is 18.6 Å². The summed E-state index contributed by atoms with van der Waals surface area (Å²) in [6.45, 7) is 2.58. The molecule has 86 valence electrons. The molecular formula is C12H15NO3. The molecule has 1 aromatic carbocycles. The molecule has 2 rings (SSSR count). The van der Waals surface area contributed by atoms with Crippen LogP contribution in [0, 0.1) is 0 Å². The second kappa shape index (κ2) is 3.79. The topological polar surface area (TPSA) is 60.8 Å². The lowest BCUT2D eigenvalue weighted by Gasteiger charge is -2.46. The number of aromatic hydroxyl groups is 1. The Morgan fingerprint density at radius 3 is 2.62 bits per heavy atom. The van der Waals surface area contributed by atoms with Crippen molar-refractivity contribution < 1.29 is 15.0 Å². The van der Waals surface area contributed by atoms with Crippen LogP contribution in [0.15, 0.2) is 24.3 Å². The molecule has 1 fully saturated rings. The van der Waals surface area contributed by atoms with Gasteiger partial charge in [0.15, 0.2) is 0 Å². The second-order valence-electron chi connectivity index (χ2n) is 4.26. The monoisotopic (exact) mass is 221 g/mol. The highest BCUT2D eigenvalue weighted by atomic mass is 16.3. The zero-order chi connectivity index (χ0) is 11.8. The average molecular weight is 221 g/mol. The van der Waals surface area contributed by atoms with E-state index in [4.69, 9.17) is 0 Å². The number of aliphatic hydroxyl groups is 1. The summed E-state index contributed by atoms with van der Waals surface area (Å²) in [7, 11) is 0. The number of phenolic OH excluding ortho intramolecular Hbond substituents is 1. The van der Waals surface area contributed by atoms with Crippen LogP contribution in [0.25, 0.3) is 0 Å². The molecule has 0 aromatic heterocycles. The fourth-order valence-electron chi connectivity index (χ4n) is 1.86. The standard InChI is InChI=1S/C12H15NO3/c1-2-12(16)7-13(8-12)11(15)9-5-3-4-6-10(9)14/h3-6,14,16H,2,7-8H2,1H3. The van der Waals surface area contributed by atoms with Gasteiger partial charge in [0.1, 0.15) is 5.75 Å². The van der Waals surface area contributed by atoms with E-state index in [1.54, 1.807) is 23.1 Å². The Morgan fingerprint density at radius 2 is 2.06 bits per heavy atom. The van der Waals surface area contributed by atoms with E-state index in [1.165, 1.54) is 6.07 Å². The van der Waals surface area contributed by atoms with Crippen molar-refractivity contribution >= 4 is 5.91 Å². The second-order valence-corrected chi connectivity index (χ2v) is 4.26. The van der Waals surface area contributed by atoms with Crippen molar-refractivity contribution in [1.82, 2.24) is 4.90 Å². The first-order valence-electron chi connectivity index (χ1n) is 5.35. The molecule has 1 aromatic rings. The van der Waals surface area contributed by atoms with E-state index in [1.807, 2.05) is 6.92 Å². The number of benzene rings is 1. The number of carbonyl (C=O) groups excluding carboxylic acids is 1. The van der Waals surface area contributed by atoms with Crippen LogP contribution in [-0.2, 0) is 0 Å². The molecule has 0 spiro atoms.